The molecule has 7 rings (SSSR count). The van der Waals surface area contributed by atoms with Crippen LogP contribution in [0.1, 0.15) is 50.6 Å². The van der Waals surface area contributed by atoms with Crippen molar-refractivity contribution in [1.29, 1.82) is 0 Å². The highest BCUT2D eigenvalue weighted by Crippen LogP contribution is 2.41. The summed E-state index contributed by atoms with van der Waals surface area (Å²) in [5.41, 5.74) is 1.87. The molecule has 1 aliphatic carbocycles. The molecule has 0 bridgehead atoms. The minimum atomic E-state index is -1.24. The molecule has 274 valence electrons. The summed E-state index contributed by atoms with van der Waals surface area (Å²) in [6.07, 6.45) is 4.92. The van der Waals surface area contributed by atoms with Crippen LogP contribution in [0.4, 0.5) is 40.6 Å². The number of ether oxygens (including phenoxy) is 1. The van der Waals surface area contributed by atoms with Crippen LogP contribution < -0.4 is 15.4 Å². The summed E-state index contributed by atoms with van der Waals surface area (Å²) < 4.78 is 63.8. The Morgan fingerprint density at radius 3 is 2.09 bits per heavy atom. The van der Waals surface area contributed by atoms with E-state index in [1.165, 1.54) is 37.6 Å². The number of pyridine rings is 2. The molecule has 0 aliphatic heterocycles. The largest absolute Gasteiger partial charge is 0.497 e. The van der Waals surface area contributed by atoms with E-state index in [-0.39, 0.29) is 39.6 Å². The highest BCUT2D eigenvalue weighted by atomic mass is 19.1. The minimum absolute atomic E-state index is 0.0330. The van der Waals surface area contributed by atoms with Crippen molar-refractivity contribution in [3.63, 3.8) is 0 Å². The minimum Gasteiger partial charge on any atom is -0.497 e. The Morgan fingerprint density at radius 1 is 0.722 bits per heavy atom. The van der Waals surface area contributed by atoms with Crippen molar-refractivity contribution >= 4 is 34.9 Å². The molecule has 2 aromatic heterocycles. The van der Waals surface area contributed by atoms with E-state index in [0.717, 1.165) is 30.5 Å². The van der Waals surface area contributed by atoms with Gasteiger partial charge in [0, 0.05) is 24.0 Å². The van der Waals surface area contributed by atoms with Gasteiger partial charge < -0.3 is 25.6 Å². The number of hydrogen-bond acceptors (Lipinski definition) is 7. The van der Waals surface area contributed by atoms with Gasteiger partial charge in [-0.1, -0.05) is 42.5 Å². The van der Waals surface area contributed by atoms with E-state index < -0.39 is 40.9 Å². The van der Waals surface area contributed by atoms with Gasteiger partial charge in [-0.15, -0.1) is 0 Å². The van der Waals surface area contributed by atoms with E-state index in [1.54, 1.807) is 61.7 Å². The van der Waals surface area contributed by atoms with Gasteiger partial charge >= 0.3 is 11.9 Å². The number of nitrogens with one attached hydrogen (secondary N) is 2. The van der Waals surface area contributed by atoms with Crippen molar-refractivity contribution in [2.75, 3.05) is 17.7 Å². The van der Waals surface area contributed by atoms with Crippen LogP contribution in [0.2, 0.25) is 0 Å². The number of benzene rings is 4. The molecule has 0 radical (unpaired) electrons. The molecule has 9 nitrogen and oxygen atoms in total. The Hall–Kier alpha value is -6.76. The molecule has 4 N–H and O–H groups in total. The highest BCUT2D eigenvalue weighted by Gasteiger charge is 2.26. The van der Waals surface area contributed by atoms with Gasteiger partial charge in [0.25, 0.3) is 0 Å². The van der Waals surface area contributed by atoms with Gasteiger partial charge in [0.1, 0.15) is 51.7 Å². The van der Waals surface area contributed by atoms with Crippen LogP contribution in [-0.2, 0) is 0 Å². The number of aromatic carboxylic acids is 2. The lowest BCUT2D eigenvalue weighted by molar-refractivity contribution is 0.0686. The smallest absolute Gasteiger partial charge is 0.339 e. The molecule has 0 amide bonds. The summed E-state index contributed by atoms with van der Waals surface area (Å²) in [6.45, 7) is 1.54. The van der Waals surface area contributed by atoms with Crippen molar-refractivity contribution in [1.82, 2.24) is 9.97 Å². The standard InChI is InChI=1S/C22H18F2N2O3.C19H14F2N2O2/c1-29-15-4-2-3-13(7-15)16-9-19(24)20(10-18(16)23)26-21-17(22(27)28)8-14(11-25-21)12-5-6-12;1-11-14(12-6-3-2-4-7-12)10-15(20)17(16(11)21)23-18-13(19(24)25)8-5-9-22-18/h2-4,7-12H,5-6H2,1H3,(H,25,26)(H,27,28);2-10H,1H3,(H,22,23)(H,24,25). The van der Waals surface area contributed by atoms with Gasteiger partial charge in [0.15, 0.2) is 5.82 Å². The van der Waals surface area contributed by atoms with Crippen LogP contribution in [0, 0.1) is 30.2 Å². The molecule has 54 heavy (non-hydrogen) atoms. The Bertz CT molecular complexity index is 2370. The number of rotatable bonds is 10. The summed E-state index contributed by atoms with van der Waals surface area (Å²) in [5.74, 6) is -4.74. The van der Waals surface area contributed by atoms with Crippen molar-refractivity contribution in [2.45, 2.75) is 25.7 Å². The number of anilines is 4. The highest BCUT2D eigenvalue weighted by molar-refractivity contribution is 5.95. The van der Waals surface area contributed by atoms with E-state index in [1.807, 2.05) is 6.07 Å². The molecule has 1 fully saturated rings. The molecule has 6 aromatic rings. The quantitative estimate of drug-likeness (QED) is 0.101. The Balaban J connectivity index is 0.000000186. The molecule has 0 saturated heterocycles. The molecule has 2 heterocycles. The second kappa shape index (κ2) is 15.9. The van der Waals surface area contributed by atoms with Crippen molar-refractivity contribution < 1.29 is 42.1 Å². The van der Waals surface area contributed by atoms with Crippen LogP contribution in [0.3, 0.4) is 0 Å². The Morgan fingerprint density at radius 2 is 1.41 bits per heavy atom. The fourth-order valence-electron chi connectivity index (χ4n) is 5.71. The Kier molecular flexibility index (Phi) is 10.9. The molecule has 0 spiro atoms. The molecule has 1 saturated carbocycles. The maximum Gasteiger partial charge on any atom is 0.339 e. The van der Waals surface area contributed by atoms with E-state index in [4.69, 9.17) is 9.84 Å². The van der Waals surface area contributed by atoms with Gasteiger partial charge in [-0.3, -0.25) is 0 Å². The SMILES string of the molecule is COc1cccc(-c2cc(F)c(Nc3ncc(C4CC4)cc3C(=O)O)cc2F)c1.Cc1c(-c2ccccc2)cc(F)c(Nc2ncccc2C(=O)O)c1F. The van der Waals surface area contributed by atoms with Gasteiger partial charge in [0.2, 0.25) is 0 Å². The normalized spacial score (nSPS) is 12.0. The van der Waals surface area contributed by atoms with E-state index in [0.29, 0.717) is 28.4 Å². The monoisotopic (exact) mass is 736 g/mol. The first-order chi connectivity index (χ1) is 25.9. The second-order valence-electron chi connectivity index (χ2n) is 12.3. The first kappa shape index (κ1) is 37.0. The number of nitrogens with zero attached hydrogens (tertiary/aromatic N) is 2. The maximum absolute atomic E-state index is 14.7. The van der Waals surface area contributed by atoms with E-state index in [2.05, 4.69) is 20.6 Å². The second-order valence-corrected chi connectivity index (χ2v) is 12.3. The molecule has 0 unspecified atom stereocenters. The fraction of sp³-hybridized carbons (Fsp3) is 0.122. The lowest BCUT2D eigenvalue weighted by atomic mass is 9.99. The maximum atomic E-state index is 14.7. The molecule has 13 heteroatoms. The van der Waals surface area contributed by atoms with Crippen LogP contribution in [0.15, 0.2) is 103 Å². The number of carbonyl (C=O) groups is 2. The molecule has 1 aliphatic rings. The number of halogens is 4. The number of aromatic nitrogens is 2. The van der Waals surface area contributed by atoms with Crippen LogP contribution >= 0.6 is 0 Å². The summed E-state index contributed by atoms with van der Waals surface area (Å²) in [7, 11) is 1.49. The topological polar surface area (TPSA) is 134 Å². The molecule has 4 aromatic carbocycles. The first-order valence-electron chi connectivity index (χ1n) is 16.6. The van der Waals surface area contributed by atoms with Gasteiger partial charge in [-0.05, 0) is 96.0 Å². The van der Waals surface area contributed by atoms with E-state index in [9.17, 15) is 32.3 Å². The lowest BCUT2D eigenvalue weighted by Crippen LogP contribution is -2.07. The van der Waals surface area contributed by atoms with Gasteiger partial charge in [0.05, 0.1) is 12.8 Å². The van der Waals surface area contributed by atoms with Gasteiger partial charge in [-0.2, -0.15) is 0 Å². The third-order valence-corrected chi connectivity index (χ3v) is 8.71. The number of methoxy groups -OCH3 is 1. The van der Waals surface area contributed by atoms with Gasteiger partial charge in [-0.25, -0.2) is 37.1 Å². The van der Waals surface area contributed by atoms with Crippen LogP contribution in [0.5, 0.6) is 5.75 Å². The van der Waals surface area contributed by atoms with Crippen LogP contribution in [-0.4, -0.2) is 39.2 Å². The summed E-state index contributed by atoms with van der Waals surface area (Å²) in [4.78, 5) is 30.8. The molecular weight excluding hydrogens is 704 g/mol. The summed E-state index contributed by atoms with van der Waals surface area (Å²) in [6, 6.07) is 23.1. The Labute approximate surface area is 306 Å². The van der Waals surface area contributed by atoms with E-state index >= 15 is 0 Å². The zero-order valence-electron chi connectivity index (χ0n) is 28.8. The zero-order valence-corrected chi connectivity index (χ0v) is 28.8. The molecule has 0 atom stereocenters. The number of carboxylic acids is 2. The number of carboxylic acid groups (broad SMARTS) is 2. The van der Waals surface area contributed by atoms with Crippen molar-refractivity contribution in [3.05, 3.63) is 149 Å². The third kappa shape index (κ3) is 8.15. The third-order valence-electron chi connectivity index (χ3n) is 8.71. The van der Waals surface area contributed by atoms with Crippen LogP contribution in [0.25, 0.3) is 22.3 Å². The summed E-state index contributed by atoms with van der Waals surface area (Å²) in [5, 5.41) is 23.7. The average molecular weight is 737 g/mol. The number of hydrogen-bond donors (Lipinski definition) is 4. The lowest BCUT2D eigenvalue weighted by Gasteiger charge is -2.15. The predicted molar refractivity (Wildman–Crippen MR) is 196 cm³/mol. The zero-order chi connectivity index (χ0) is 38.5. The summed E-state index contributed by atoms with van der Waals surface area (Å²) >= 11 is 0. The molecular formula is C41H32F4N4O5. The fourth-order valence-corrected chi connectivity index (χ4v) is 5.71. The van der Waals surface area contributed by atoms with Crippen molar-refractivity contribution in [2.24, 2.45) is 0 Å². The predicted octanol–water partition coefficient (Wildman–Crippen LogP) is 10.1. The van der Waals surface area contributed by atoms with Crippen molar-refractivity contribution in [3.8, 4) is 28.0 Å². The average Bonchev–Trinajstić information content (AvgIpc) is 4.03. The first-order valence-corrected chi connectivity index (χ1v) is 16.6.